The van der Waals surface area contributed by atoms with Crippen LogP contribution in [0.4, 0.5) is 0 Å². The number of benzene rings is 3. The normalized spacial score (nSPS) is 10.5. The van der Waals surface area contributed by atoms with Gasteiger partial charge in [0.2, 0.25) is 5.75 Å². The highest BCUT2D eigenvalue weighted by Crippen LogP contribution is 2.43. The minimum absolute atomic E-state index is 0.655. The van der Waals surface area contributed by atoms with Crippen LogP contribution in [0.2, 0.25) is 0 Å². The van der Waals surface area contributed by atoms with Crippen molar-refractivity contribution in [2.75, 3.05) is 21.3 Å². The van der Waals surface area contributed by atoms with Gasteiger partial charge in [-0.2, -0.15) is 0 Å². The highest BCUT2D eigenvalue weighted by atomic mass is 16.5. The number of aryl methyl sites for hydroxylation is 2. The van der Waals surface area contributed by atoms with Gasteiger partial charge in [-0.25, -0.2) is 0 Å². The van der Waals surface area contributed by atoms with Gasteiger partial charge in [0, 0.05) is 12.0 Å². The maximum atomic E-state index is 5.78. The Morgan fingerprint density at radius 1 is 0.643 bits per heavy atom. The molecule has 3 aromatic rings. The Balaban J connectivity index is 1.93. The van der Waals surface area contributed by atoms with Gasteiger partial charge in [-0.05, 0) is 42.0 Å². The predicted octanol–water partition coefficient (Wildman–Crippen LogP) is 5.48. The number of ether oxygens (including phenoxy) is 3. The van der Waals surface area contributed by atoms with Crippen LogP contribution >= 0.6 is 0 Å². The molecule has 0 fully saturated rings. The Morgan fingerprint density at radius 2 is 1.25 bits per heavy atom. The smallest absolute Gasteiger partial charge is 0.203 e. The molecule has 0 atom stereocenters. The lowest BCUT2D eigenvalue weighted by molar-refractivity contribution is 0.321. The molecular weight excluding hydrogens is 348 g/mol. The summed E-state index contributed by atoms with van der Waals surface area (Å²) >= 11 is 0. The van der Waals surface area contributed by atoms with E-state index in [0.717, 1.165) is 31.4 Å². The van der Waals surface area contributed by atoms with E-state index in [-0.39, 0.29) is 0 Å². The third kappa shape index (κ3) is 4.66. The fraction of sp³-hybridized carbons (Fsp3) is 0.280. The zero-order valence-electron chi connectivity index (χ0n) is 16.9. The minimum atomic E-state index is 0.655. The molecule has 0 spiro atoms. The van der Waals surface area contributed by atoms with Crippen molar-refractivity contribution in [2.45, 2.75) is 25.7 Å². The van der Waals surface area contributed by atoms with Crippen molar-refractivity contribution in [2.24, 2.45) is 0 Å². The summed E-state index contributed by atoms with van der Waals surface area (Å²) in [4.78, 5) is 0. The second-order valence-electron chi connectivity index (χ2n) is 6.78. The molecule has 0 radical (unpaired) electrons. The average molecular weight is 376 g/mol. The van der Waals surface area contributed by atoms with Crippen LogP contribution in [0.1, 0.15) is 28.7 Å². The number of rotatable bonds is 9. The van der Waals surface area contributed by atoms with Crippen molar-refractivity contribution in [1.82, 2.24) is 0 Å². The summed E-state index contributed by atoms with van der Waals surface area (Å²) in [5.74, 6) is 2.13. The van der Waals surface area contributed by atoms with E-state index >= 15 is 0 Å². The molecule has 28 heavy (non-hydrogen) atoms. The second kappa shape index (κ2) is 9.84. The zero-order chi connectivity index (χ0) is 19.8. The highest BCUT2D eigenvalue weighted by molar-refractivity contribution is 5.60. The summed E-state index contributed by atoms with van der Waals surface area (Å²) in [5.41, 5.74) is 5.02. The van der Waals surface area contributed by atoms with Gasteiger partial charge in [0.15, 0.2) is 11.5 Å². The molecule has 3 rings (SSSR count). The van der Waals surface area contributed by atoms with E-state index in [0.29, 0.717) is 11.5 Å². The quantitative estimate of drug-likeness (QED) is 0.495. The van der Waals surface area contributed by atoms with Crippen molar-refractivity contribution in [3.05, 3.63) is 89.0 Å². The van der Waals surface area contributed by atoms with E-state index in [9.17, 15) is 0 Å². The lowest BCUT2D eigenvalue weighted by Crippen LogP contribution is -2.05. The summed E-state index contributed by atoms with van der Waals surface area (Å²) in [6.45, 7) is 0. The van der Waals surface area contributed by atoms with E-state index < -0.39 is 0 Å². The van der Waals surface area contributed by atoms with Crippen LogP contribution in [0.25, 0.3) is 0 Å². The van der Waals surface area contributed by atoms with Gasteiger partial charge in [0.05, 0.1) is 21.3 Å². The number of methoxy groups -OCH3 is 3. The van der Waals surface area contributed by atoms with E-state index in [1.165, 1.54) is 22.3 Å². The Labute approximate surface area is 167 Å². The Bertz CT molecular complexity index is 873. The first-order chi connectivity index (χ1) is 13.8. The van der Waals surface area contributed by atoms with Crippen LogP contribution in [0, 0.1) is 0 Å². The SMILES string of the molecule is COc1cc(CCCc2ccccc2)c(Cc2ccccc2)c(OC)c1OC. The molecule has 0 amide bonds. The Kier molecular flexibility index (Phi) is 6.96. The molecule has 3 heteroatoms. The molecule has 146 valence electrons. The molecule has 0 N–H and O–H groups in total. The van der Waals surface area contributed by atoms with Crippen LogP contribution in [0.3, 0.4) is 0 Å². The van der Waals surface area contributed by atoms with Crippen molar-refractivity contribution in [1.29, 1.82) is 0 Å². The van der Waals surface area contributed by atoms with E-state index in [4.69, 9.17) is 14.2 Å². The van der Waals surface area contributed by atoms with Crippen molar-refractivity contribution in [3.8, 4) is 17.2 Å². The largest absolute Gasteiger partial charge is 0.493 e. The molecule has 0 aliphatic heterocycles. The first-order valence-corrected chi connectivity index (χ1v) is 9.65. The van der Waals surface area contributed by atoms with Gasteiger partial charge in [-0.15, -0.1) is 0 Å². The monoisotopic (exact) mass is 376 g/mol. The third-order valence-electron chi connectivity index (χ3n) is 5.00. The van der Waals surface area contributed by atoms with E-state index in [2.05, 4.69) is 60.7 Å². The lowest BCUT2D eigenvalue weighted by Gasteiger charge is -2.20. The maximum Gasteiger partial charge on any atom is 0.203 e. The Hall–Kier alpha value is -2.94. The van der Waals surface area contributed by atoms with Crippen LogP contribution in [-0.4, -0.2) is 21.3 Å². The molecule has 0 aromatic heterocycles. The summed E-state index contributed by atoms with van der Waals surface area (Å²) in [6.07, 6.45) is 3.85. The molecular formula is C25H28O3. The average Bonchev–Trinajstić information content (AvgIpc) is 2.75. The van der Waals surface area contributed by atoms with Crippen LogP contribution in [0.5, 0.6) is 17.2 Å². The molecule has 0 bridgehead atoms. The molecule has 0 unspecified atom stereocenters. The summed E-state index contributed by atoms with van der Waals surface area (Å²) in [5, 5.41) is 0. The molecule has 0 saturated carbocycles. The summed E-state index contributed by atoms with van der Waals surface area (Å²) in [7, 11) is 5.02. The standard InChI is InChI=1S/C25H28O3/c1-26-23-18-21(16-10-15-19-11-6-4-7-12-19)22(24(27-2)25(23)28-3)17-20-13-8-5-9-14-20/h4-9,11-14,18H,10,15-17H2,1-3H3. The van der Waals surface area contributed by atoms with Gasteiger partial charge < -0.3 is 14.2 Å². The van der Waals surface area contributed by atoms with E-state index in [1.54, 1.807) is 21.3 Å². The molecule has 0 saturated heterocycles. The highest BCUT2D eigenvalue weighted by Gasteiger charge is 2.20. The van der Waals surface area contributed by atoms with Gasteiger partial charge in [0.1, 0.15) is 0 Å². The molecule has 3 nitrogen and oxygen atoms in total. The summed E-state index contributed by atoms with van der Waals surface area (Å²) < 4.78 is 17.0. The second-order valence-corrected chi connectivity index (χ2v) is 6.78. The summed E-state index contributed by atoms with van der Waals surface area (Å²) in [6, 6.07) is 23.2. The molecule has 0 heterocycles. The third-order valence-corrected chi connectivity index (χ3v) is 5.00. The molecule has 3 aromatic carbocycles. The van der Waals surface area contributed by atoms with Gasteiger partial charge in [-0.1, -0.05) is 60.7 Å². The predicted molar refractivity (Wildman–Crippen MR) is 114 cm³/mol. The minimum Gasteiger partial charge on any atom is -0.493 e. The van der Waals surface area contributed by atoms with Gasteiger partial charge in [-0.3, -0.25) is 0 Å². The molecule has 0 aliphatic rings. The fourth-order valence-electron chi connectivity index (χ4n) is 3.61. The first kappa shape index (κ1) is 19.8. The first-order valence-electron chi connectivity index (χ1n) is 9.65. The van der Waals surface area contributed by atoms with Crippen LogP contribution in [0.15, 0.2) is 66.7 Å². The van der Waals surface area contributed by atoms with Crippen LogP contribution < -0.4 is 14.2 Å². The van der Waals surface area contributed by atoms with Crippen molar-refractivity contribution < 1.29 is 14.2 Å². The van der Waals surface area contributed by atoms with E-state index in [1.807, 2.05) is 6.07 Å². The zero-order valence-corrected chi connectivity index (χ0v) is 16.9. The lowest BCUT2D eigenvalue weighted by atomic mass is 9.93. The van der Waals surface area contributed by atoms with Crippen molar-refractivity contribution in [3.63, 3.8) is 0 Å². The molecule has 0 aliphatic carbocycles. The van der Waals surface area contributed by atoms with Crippen LogP contribution in [-0.2, 0) is 19.3 Å². The van der Waals surface area contributed by atoms with Gasteiger partial charge in [0.25, 0.3) is 0 Å². The number of hydrogen-bond acceptors (Lipinski definition) is 3. The maximum absolute atomic E-state index is 5.78. The Morgan fingerprint density at radius 3 is 1.82 bits per heavy atom. The topological polar surface area (TPSA) is 27.7 Å². The van der Waals surface area contributed by atoms with Gasteiger partial charge >= 0.3 is 0 Å². The fourth-order valence-corrected chi connectivity index (χ4v) is 3.61. The number of hydrogen-bond donors (Lipinski definition) is 0. The van der Waals surface area contributed by atoms with Crippen molar-refractivity contribution >= 4 is 0 Å².